The Morgan fingerprint density at radius 2 is 2.10 bits per heavy atom. The van der Waals surface area contributed by atoms with Crippen LogP contribution in [0.2, 0.25) is 0 Å². The van der Waals surface area contributed by atoms with Crippen molar-refractivity contribution in [2.75, 3.05) is 19.8 Å². The maximum atomic E-state index is 5.25. The molecule has 0 aliphatic heterocycles. The zero-order valence-electron chi connectivity index (χ0n) is 7.02. The molecule has 0 aromatic rings. The van der Waals surface area contributed by atoms with Gasteiger partial charge in [0.15, 0.2) is 0 Å². The van der Waals surface area contributed by atoms with E-state index >= 15 is 0 Å². The summed E-state index contributed by atoms with van der Waals surface area (Å²) in [4.78, 5) is 4.89. The largest absolute Gasteiger partial charge is 0.377 e. The maximum absolute atomic E-state index is 5.25. The fourth-order valence-electron chi connectivity index (χ4n) is 0.511. The Morgan fingerprint density at radius 3 is 2.60 bits per heavy atom. The molecule has 0 unspecified atom stereocenters. The first-order chi connectivity index (χ1) is 4.77. The highest BCUT2D eigenvalue weighted by Gasteiger charge is 1.90. The van der Waals surface area contributed by atoms with Crippen LogP contribution in [-0.4, -0.2) is 25.9 Å². The molecule has 0 aliphatic carbocycles. The second kappa shape index (κ2) is 6.99. The Labute approximate surface area is 62.7 Å². The van der Waals surface area contributed by atoms with Crippen molar-refractivity contribution >= 4 is 0 Å². The highest BCUT2D eigenvalue weighted by molar-refractivity contribution is 4.37. The second-order valence-corrected chi connectivity index (χ2v) is 2.25. The number of hydroxylamine groups is 1. The summed E-state index contributed by atoms with van der Waals surface area (Å²) in [6.07, 6.45) is 0.309. The van der Waals surface area contributed by atoms with Crippen molar-refractivity contribution < 1.29 is 9.57 Å². The van der Waals surface area contributed by atoms with E-state index in [0.29, 0.717) is 19.3 Å². The number of hydrogen-bond donors (Lipinski definition) is 1. The normalized spacial score (nSPS) is 10.8. The Kier molecular flexibility index (Phi) is 6.91. The molecule has 10 heavy (non-hydrogen) atoms. The molecule has 0 bridgehead atoms. The molecule has 0 amide bonds. The van der Waals surface area contributed by atoms with E-state index in [9.17, 15) is 0 Å². The molecule has 0 aromatic carbocycles. The van der Waals surface area contributed by atoms with Gasteiger partial charge in [-0.3, -0.25) is 0 Å². The minimum atomic E-state index is 0.309. The Balaban J connectivity index is 2.77. The molecule has 0 fully saturated rings. The number of nitrogens with one attached hydrogen (secondary N) is 1. The fraction of sp³-hybridized carbons (Fsp3) is 1.00. The SMILES string of the molecule is CCONCCOC(C)C. The average molecular weight is 147 g/mol. The fourth-order valence-corrected chi connectivity index (χ4v) is 0.511. The van der Waals surface area contributed by atoms with Crippen LogP contribution in [0.4, 0.5) is 0 Å². The van der Waals surface area contributed by atoms with Crippen LogP contribution in [0.25, 0.3) is 0 Å². The molecule has 1 N–H and O–H groups in total. The van der Waals surface area contributed by atoms with Crippen LogP contribution >= 0.6 is 0 Å². The van der Waals surface area contributed by atoms with Gasteiger partial charge in [0.25, 0.3) is 0 Å². The minimum Gasteiger partial charge on any atom is -0.377 e. The molecular formula is C7H17NO2. The zero-order valence-corrected chi connectivity index (χ0v) is 7.02. The van der Waals surface area contributed by atoms with Crippen molar-refractivity contribution in [2.45, 2.75) is 26.9 Å². The van der Waals surface area contributed by atoms with Gasteiger partial charge in [0.05, 0.1) is 19.3 Å². The zero-order chi connectivity index (χ0) is 7.82. The summed E-state index contributed by atoms with van der Waals surface area (Å²) in [5, 5.41) is 0. The van der Waals surface area contributed by atoms with Gasteiger partial charge in [-0.05, 0) is 20.8 Å². The van der Waals surface area contributed by atoms with E-state index in [4.69, 9.17) is 9.57 Å². The lowest BCUT2D eigenvalue weighted by atomic mass is 10.5. The number of hydrogen-bond acceptors (Lipinski definition) is 3. The lowest BCUT2D eigenvalue weighted by molar-refractivity contribution is 0.0144. The van der Waals surface area contributed by atoms with Crippen LogP contribution < -0.4 is 5.48 Å². The van der Waals surface area contributed by atoms with Crippen molar-refractivity contribution in [3.05, 3.63) is 0 Å². The summed E-state index contributed by atoms with van der Waals surface area (Å²) in [5.74, 6) is 0. The van der Waals surface area contributed by atoms with E-state index in [2.05, 4.69) is 5.48 Å². The summed E-state index contributed by atoms with van der Waals surface area (Å²) < 4.78 is 5.25. The van der Waals surface area contributed by atoms with E-state index < -0.39 is 0 Å². The lowest BCUT2D eigenvalue weighted by Crippen LogP contribution is -2.21. The van der Waals surface area contributed by atoms with Crippen molar-refractivity contribution in [3.63, 3.8) is 0 Å². The van der Waals surface area contributed by atoms with Gasteiger partial charge in [0.1, 0.15) is 0 Å². The number of ether oxygens (including phenoxy) is 1. The van der Waals surface area contributed by atoms with Gasteiger partial charge in [-0.2, -0.15) is 0 Å². The Bertz CT molecular complexity index is 66.6. The molecule has 3 nitrogen and oxygen atoms in total. The summed E-state index contributed by atoms with van der Waals surface area (Å²) in [5.41, 5.74) is 2.77. The van der Waals surface area contributed by atoms with Gasteiger partial charge in [-0.15, -0.1) is 0 Å². The van der Waals surface area contributed by atoms with E-state index in [-0.39, 0.29) is 0 Å². The molecule has 0 saturated carbocycles. The maximum Gasteiger partial charge on any atom is 0.0653 e. The summed E-state index contributed by atoms with van der Waals surface area (Å²) in [6, 6.07) is 0. The first kappa shape index (κ1) is 9.88. The van der Waals surface area contributed by atoms with Gasteiger partial charge in [-0.1, -0.05) is 0 Å². The van der Waals surface area contributed by atoms with Crippen molar-refractivity contribution in [1.82, 2.24) is 5.48 Å². The Morgan fingerprint density at radius 1 is 1.40 bits per heavy atom. The molecular weight excluding hydrogens is 130 g/mol. The topological polar surface area (TPSA) is 30.5 Å². The monoisotopic (exact) mass is 147 g/mol. The molecule has 0 saturated heterocycles. The standard InChI is InChI=1S/C7H17NO2/c1-4-10-8-5-6-9-7(2)3/h7-8H,4-6H2,1-3H3. The smallest absolute Gasteiger partial charge is 0.0653 e. The van der Waals surface area contributed by atoms with Crippen LogP contribution in [0.5, 0.6) is 0 Å². The van der Waals surface area contributed by atoms with Crippen molar-refractivity contribution in [3.8, 4) is 0 Å². The van der Waals surface area contributed by atoms with Crippen LogP contribution in [0, 0.1) is 0 Å². The molecule has 0 aromatic heterocycles. The predicted molar refractivity (Wildman–Crippen MR) is 40.7 cm³/mol. The third kappa shape index (κ3) is 7.88. The average Bonchev–Trinajstić information content (AvgIpc) is 1.87. The highest BCUT2D eigenvalue weighted by Crippen LogP contribution is 1.84. The molecule has 0 spiro atoms. The quantitative estimate of drug-likeness (QED) is 0.448. The van der Waals surface area contributed by atoms with E-state index in [0.717, 1.165) is 6.54 Å². The lowest BCUT2D eigenvalue weighted by Gasteiger charge is -2.07. The summed E-state index contributed by atoms with van der Waals surface area (Å²) in [7, 11) is 0. The van der Waals surface area contributed by atoms with Crippen LogP contribution in [-0.2, 0) is 9.57 Å². The van der Waals surface area contributed by atoms with E-state index in [1.165, 1.54) is 0 Å². The molecule has 0 heterocycles. The third-order valence-electron chi connectivity index (χ3n) is 0.902. The van der Waals surface area contributed by atoms with Gasteiger partial charge in [-0.25, -0.2) is 5.48 Å². The summed E-state index contributed by atoms with van der Waals surface area (Å²) in [6.45, 7) is 8.13. The van der Waals surface area contributed by atoms with Gasteiger partial charge >= 0.3 is 0 Å². The van der Waals surface area contributed by atoms with E-state index in [1.54, 1.807) is 0 Å². The molecule has 0 radical (unpaired) electrons. The summed E-state index contributed by atoms with van der Waals surface area (Å²) >= 11 is 0. The molecule has 0 atom stereocenters. The predicted octanol–water partition coefficient (Wildman–Crippen LogP) is 0.952. The third-order valence-corrected chi connectivity index (χ3v) is 0.902. The molecule has 3 heteroatoms. The highest BCUT2D eigenvalue weighted by atomic mass is 16.6. The van der Waals surface area contributed by atoms with Crippen LogP contribution in [0.1, 0.15) is 20.8 Å². The van der Waals surface area contributed by atoms with Gasteiger partial charge in [0, 0.05) is 6.54 Å². The minimum absolute atomic E-state index is 0.309. The van der Waals surface area contributed by atoms with Crippen molar-refractivity contribution in [1.29, 1.82) is 0 Å². The second-order valence-electron chi connectivity index (χ2n) is 2.25. The first-order valence-corrected chi connectivity index (χ1v) is 3.73. The molecule has 0 aliphatic rings. The van der Waals surface area contributed by atoms with Gasteiger partial charge in [0.2, 0.25) is 0 Å². The van der Waals surface area contributed by atoms with Crippen LogP contribution in [0.15, 0.2) is 0 Å². The number of rotatable bonds is 6. The van der Waals surface area contributed by atoms with Crippen molar-refractivity contribution in [2.24, 2.45) is 0 Å². The molecule has 62 valence electrons. The Hall–Kier alpha value is -0.120. The van der Waals surface area contributed by atoms with E-state index in [1.807, 2.05) is 20.8 Å². The first-order valence-electron chi connectivity index (χ1n) is 3.73. The van der Waals surface area contributed by atoms with Gasteiger partial charge < -0.3 is 9.57 Å². The molecule has 0 rings (SSSR count). The van der Waals surface area contributed by atoms with Crippen LogP contribution in [0.3, 0.4) is 0 Å².